The van der Waals surface area contributed by atoms with Crippen LogP contribution in [0.25, 0.3) is 0 Å². The molecule has 0 spiro atoms. The third kappa shape index (κ3) is 0.806. The number of ether oxygens (including phenoxy) is 1. The molecule has 1 fully saturated rings. The number of rotatable bonds is 1. The Labute approximate surface area is 58.8 Å². The second kappa shape index (κ2) is 2.05. The molecule has 0 atom stereocenters. The molecular weight excluding hydrogens is 130 g/mol. The lowest BCUT2D eigenvalue weighted by Crippen LogP contribution is -2.30. The molecule has 0 aromatic carbocycles. The molecule has 1 aromatic rings. The second-order valence-electron chi connectivity index (χ2n) is 2.53. The van der Waals surface area contributed by atoms with Gasteiger partial charge in [0.05, 0.1) is 18.9 Å². The number of hydrogen-bond donors (Lipinski definition) is 0. The zero-order valence-electron chi connectivity index (χ0n) is 5.82. The number of aromatic nitrogens is 3. The lowest BCUT2D eigenvalue weighted by atomic mass is 10.3. The van der Waals surface area contributed by atoms with Crippen LogP contribution in [-0.4, -0.2) is 28.2 Å². The van der Waals surface area contributed by atoms with Gasteiger partial charge in [-0.15, -0.1) is 5.10 Å². The van der Waals surface area contributed by atoms with Crippen LogP contribution < -0.4 is 0 Å². The maximum Gasteiger partial charge on any atom is 0.100 e. The van der Waals surface area contributed by atoms with Crippen molar-refractivity contribution in [3.8, 4) is 0 Å². The minimum atomic E-state index is 0.432. The highest BCUT2D eigenvalue weighted by Crippen LogP contribution is 2.14. The van der Waals surface area contributed by atoms with E-state index in [1.54, 1.807) is 0 Å². The van der Waals surface area contributed by atoms with Crippen molar-refractivity contribution in [2.24, 2.45) is 0 Å². The van der Waals surface area contributed by atoms with E-state index in [9.17, 15) is 0 Å². The molecule has 1 saturated heterocycles. The minimum absolute atomic E-state index is 0.432. The largest absolute Gasteiger partial charge is 0.377 e. The standard InChI is InChI=1S/C6H9N3O/c1-5-2-9(8-7-5)6-3-10-4-6/h2,6H,3-4H2,1H3. The molecule has 2 heterocycles. The molecule has 1 aliphatic heterocycles. The number of aryl methyl sites for hydroxylation is 1. The summed E-state index contributed by atoms with van der Waals surface area (Å²) in [7, 11) is 0. The fourth-order valence-electron chi connectivity index (χ4n) is 0.920. The summed E-state index contributed by atoms with van der Waals surface area (Å²) in [6.07, 6.45) is 1.94. The van der Waals surface area contributed by atoms with E-state index in [0.717, 1.165) is 18.9 Å². The maximum atomic E-state index is 5.01. The fourth-order valence-corrected chi connectivity index (χ4v) is 0.920. The first-order chi connectivity index (χ1) is 4.86. The molecule has 1 aliphatic rings. The summed E-state index contributed by atoms with van der Waals surface area (Å²) in [5.74, 6) is 0. The Balaban J connectivity index is 2.17. The Morgan fingerprint density at radius 1 is 1.70 bits per heavy atom. The van der Waals surface area contributed by atoms with Gasteiger partial charge >= 0.3 is 0 Å². The summed E-state index contributed by atoms with van der Waals surface area (Å²) in [6.45, 7) is 3.49. The van der Waals surface area contributed by atoms with Crippen LogP contribution in [0.5, 0.6) is 0 Å². The van der Waals surface area contributed by atoms with E-state index >= 15 is 0 Å². The average Bonchev–Trinajstić information content (AvgIpc) is 2.10. The van der Waals surface area contributed by atoms with Crippen molar-refractivity contribution in [2.75, 3.05) is 13.2 Å². The molecule has 10 heavy (non-hydrogen) atoms. The molecule has 2 rings (SSSR count). The van der Waals surface area contributed by atoms with Crippen LogP contribution in [0, 0.1) is 6.92 Å². The van der Waals surface area contributed by atoms with Crippen LogP contribution in [-0.2, 0) is 4.74 Å². The minimum Gasteiger partial charge on any atom is -0.377 e. The van der Waals surface area contributed by atoms with Gasteiger partial charge in [-0.1, -0.05) is 5.21 Å². The lowest BCUT2D eigenvalue weighted by Gasteiger charge is -2.25. The molecule has 0 bridgehead atoms. The Bertz CT molecular complexity index is 229. The van der Waals surface area contributed by atoms with Crippen molar-refractivity contribution in [2.45, 2.75) is 13.0 Å². The summed E-state index contributed by atoms with van der Waals surface area (Å²) in [6, 6.07) is 0.432. The van der Waals surface area contributed by atoms with Crippen LogP contribution in [0.15, 0.2) is 6.20 Å². The van der Waals surface area contributed by atoms with E-state index in [2.05, 4.69) is 10.3 Å². The van der Waals surface area contributed by atoms with Gasteiger partial charge in [-0.25, -0.2) is 4.68 Å². The van der Waals surface area contributed by atoms with Crippen LogP contribution in [0.2, 0.25) is 0 Å². The fraction of sp³-hybridized carbons (Fsp3) is 0.667. The second-order valence-corrected chi connectivity index (χ2v) is 2.53. The van der Waals surface area contributed by atoms with Crippen molar-refractivity contribution in [1.82, 2.24) is 15.0 Å². The highest BCUT2D eigenvalue weighted by Gasteiger charge is 2.20. The maximum absolute atomic E-state index is 5.01. The van der Waals surface area contributed by atoms with Crippen molar-refractivity contribution in [1.29, 1.82) is 0 Å². The van der Waals surface area contributed by atoms with E-state index in [1.165, 1.54) is 0 Å². The molecule has 1 aromatic heterocycles. The van der Waals surface area contributed by atoms with Crippen molar-refractivity contribution in [3.05, 3.63) is 11.9 Å². The van der Waals surface area contributed by atoms with Crippen LogP contribution >= 0.6 is 0 Å². The van der Waals surface area contributed by atoms with Crippen LogP contribution in [0.3, 0.4) is 0 Å². The molecule has 4 heteroatoms. The van der Waals surface area contributed by atoms with E-state index in [-0.39, 0.29) is 0 Å². The van der Waals surface area contributed by atoms with E-state index in [1.807, 2.05) is 17.8 Å². The molecule has 4 nitrogen and oxygen atoms in total. The highest BCUT2D eigenvalue weighted by atomic mass is 16.5. The predicted molar refractivity (Wildman–Crippen MR) is 34.6 cm³/mol. The van der Waals surface area contributed by atoms with Gasteiger partial charge < -0.3 is 4.74 Å². The summed E-state index contributed by atoms with van der Waals surface area (Å²) in [5, 5.41) is 7.80. The van der Waals surface area contributed by atoms with Crippen LogP contribution in [0.4, 0.5) is 0 Å². The zero-order chi connectivity index (χ0) is 6.97. The molecule has 0 aliphatic carbocycles. The quantitative estimate of drug-likeness (QED) is 0.556. The number of nitrogens with zero attached hydrogens (tertiary/aromatic N) is 3. The number of hydrogen-bond acceptors (Lipinski definition) is 3. The van der Waals surface area contributed by atoms with Gasteiger partial charge in [0.25, 0.3) is 0 Å². The Morgan fingerprint density at radius 3 is 2.90 bits per heavy atom. The molecule has 0 unspecified atom stereocenters. The molecule has 0 N–H and O–H groups in total. The Morgan fingerprint density at radius 2 is 2.50 bits per heavy atom. The van der Waals surface area contributed by atoms with E-state index in [0.29, 0.717) is 6.04 Å². The Kier molecular flexibility index (Phi) is 1.20. The summed E-state index contributed by atoms with van der Waals surface area (Å²) < 4.78 is 6.87. The van der Waals surface area contributed by atoms with Gasteiger partial charge in [0, 0.05) is 6.20 Å². The molecule has 0 radical (unpaired) electrons. The first-order valence-electron chi connectivity index (χ1n) is 3.32. The summed E-state index contributed by atoms with van der Waals surface area (Å²) in [5.41, 5.74) is 0.965. The smallest absolute Gasteiger partial charge is 0.100 e. The van der Waals surface area contributed by atoms with Crippen molar-refractivity contribution < 1.29 is 4.74 Å². The van der Waals surface area contributed by atoms with Gasteiger partial charge in [0.2, 0.25) is 0 Å². The molecule has 54 valence electrons. The van der Waals surface area contributed by atoms with Gasteiger partial charge in [-0.3, -0.25) is 0 Å². The van der Waals surface area contributed by atoms with E-state index in [4.69, 9.17) is 4.74 Å². The van der Waals surface area contributed by atoms with Crippen molar-refractivity contribution >= 4 is 0 Å². The van der Waals surface area contributed by atoms with Gasteiger partial charge in [-0.2, -0.15) is 0 Å². The zero-order valence-corrected chi connectivity index (χ0v) is 5.82. The van der Waals surface area contributed by atoms with Crippen LogP contribution in [0.1, 0.15) is 11.7 Å². The SMILES string of the molecule is Cc1cn(C2COC2)nn1. The summed E-state index contributed by atoms with van der Waals surface area (Å²) in [4.78, 5) is 0. The normalized spacial score (nSPS) is 18.9. The highest BCUT2D eigenvalue weighted by molar-refractivity contribution is 4.89. The average molecular weight is 139 g/mol. The van der Waals surface area contributed by atoms with E-state index < -0.39 is 0 Å². The third-order valence-electron chi connectivity index (χ3n) is 1.62. The van der Waals surface area contributed by atoms with Crippen molar-refractivity contribution in [3.63, 3.8) is 0 Å². The summed E-state index contributed by atoms with van der Waals surface area (Å²) >= 11 is 0. The first-order valence-corrected chi connectivity index (χ1v) is 3.32. The third-order valence-corrected chi connectivity index (χ3v) is 1.62. The Hall–Kier alpha value is -0.900. The van der Waals surface area contributed by atoms with Gasteiger partial charge in [0.1, 0.15) is 6.04 Å². The topological polar surface area (TPSA) is 39.9 Å². The predicted octanol–water partition coefficient (Wildman–Crippen LogP) is 0.158. The molecule has 0 saturated carbocycles. The van der Waals surface area contributed by atoms with Gasteiger partial charge in [0.15, 0.2) is 0 Å². The lowest BCUT2D eigenvalue weighted by molar-refractivity contribution is -0.0293. The molecule has 0 amide bonds. The first kappa shape index (κ1) is 5.85. The molecular formula is C6H9N3O. The monoisotopic (exact) mass is 139 g/mol. The van der Waals surface area contributed by atoms with Gasteiger partial charge in [-0.05, 0) is 6.92 Å².